The van der Waals surface area contributed by atoms with Gasteiger partial charge in [0.2, 0.25) is 0 Å². The number of carbonyl (C=O) groups excluding carboxylic acids is 1. The highest BCUT2D eigenvalue weighted by atomic mass is 35.5. The standard InChI is InChI=1S/C29H26ClN5O3/c1-32-24-9-4-3-8-23(24)25-26(31-35(29(37)27(25)32)20-10-12-22(38-2)13-11-20)28(36)34-16-14-33(15-17-34)21-7-5-6-19(30)18-21/h3-13,18H,14-17H2,1-2H3. The van der Waals surface area contributed by atoms with E-state index in [0.29, 0.717) is 53.5 Å². The molecule has 0 bridgehead atoms. The van der Waals surface area contributed by atoms with Gasteiger partial charge in [-0.25, -0.2) is 0 Å². The Kier molecular flexibility index (Phi) is 6.04. The van der Waals surface area contributed by atoms with Gasteiger partial charge in [-0.1, -0.05) is 35.9 Å². The Labute approximate surface area is 224 Å². The first-order chi connectivity index (χ1) is 18.5. The van der Waals surface area contributed by atoms with Gasteiger partial charge in [0, 0.05) is 60.2 Å². The van der Waals surface area contributed by atoms with Crippen molar-refractivity contribution in [3.05, 3.63) is 93.9 Å². The topological polar surface area (TPSA) is 72.6 Å². The number of nitrogens with zero attached hydrogens (tertiary/aromatic N) is 5. The number of methoxy groups -OCH3 is 1. The van der Waals surface area contributed by atoms with Crippen LogP contribution in [0.15, 0.2) is 77.6 Å². The second-order valence-electron chi connectivity index (χ2n) is 9.32. The summed E-state index contributed by atoms with van der Waals surface area (Å²) >= 11 is 6.19. The first-order valence-electron chi connectivity index (χ1n) is 12.4. The van der Waals surface area contributed by atoms with Crippen molar-refractivity contribution in [3.8, 4) is 11.4 Å². The monoisotopic (exact) mass is 527 g/mol. The minimum atomic E-state index is -0.286. The third kappa shape index (κ3) is 3.97. The fourth-order valence-electron chi connectivity index (χ4n) is 5.22. The molecule has 1 aliphatic heterocycles. The molecule has 38 heavy (non-hydrogen) atoms. The minimum Gasteiger partial charge on any atom is -0.497 e. The molecule has 3 aromatic carbocycles. The van der Waals surface area contributed by atoms with E-state index < -0.39 is 0 Å². The van der Waals surface area contributed by atoms with Gasteiger partial charge in [0.15, 0.2) is 5.69 Å². The molecule has 2 aromatic heterocycles. The van der Waals surface area contributed by atoms with Crippen LogP contribution in [-0.4, -0.2) is 58.4 Å². The molecule has 8 nitrogen and oxygen atoms in total. The molecule has 1 fully saturated rings. The molecule has 0 aliphatic carbocycles. The Hall–Kier alpha value is -4.30. The Balaban J connectivity index is 1.44. The summed E-state index contributed by atoms with van der Waals surface area (Å²) in [6.45, 7) is 2.40. The lowest BCUT2D eigenvalue weighted by Gasteiger charge is -2.36. The van der Waals surface area contributed by atoms with E-state index in [0.717, 1.165) is 16.6 Å². The maximum absolute atomic E-state index is 14.0. The SMILES string of the molecule is COc1ccc(-n2nc(C(=O)N3CCN(c4cccc(Cl)c4)CC3)c3c4ccccc4n(C)c3c2=O)cc1. The normalized spacial score (nSPS) is 13.9. The number of hydrogen-bond donors (Lipinski definition) is 0. The van der Waals surface area contributed by atoms with Crippen LogP contribution in [0.1, 0.15) is 10.5 Å². The van der Waals surface area contributed by atoms with Crippen molar-refractivity contribution >= 4 is 45.0 Å². The number of aromatic nitrogens is 3. The molecule has 6 rings (SSSR count). The van der Waals surface area contributed by atoms with Crippen LogP contribution in [0, 0.1) is 0 Å². The van der Waals surface area contributed by atoms with Gasteiger partial charge in [-0.3, -0.25) is 9.59 Å². The van der Waals surface area contributed by atoms with Crippen LogP contribution < -0.4 is 15.2 Å². The van der Waals surface area contributed by atoms with Crippen LogP contribution in [0.4, 0.5) is 5.69 Å². The van der Waals surface area contributed by atoms with Gasteiger partial charge in [0.25, 0.3) is 11.5 Å². The van der Waals surface area contributed by atoms with E-state index in [1.54, 1.807) is 31.4 Å². The van der Waals surface area contributed by atoms with Gasteiger partial charge in [-0.2, -0.15) is 9.78 Å². The zero-order valence-corrected chi connectivity index (χ0v) is 21.9. The van der Waals surface area contributed by atoms with Crippen LogP contribution >= 0.6 is 11.6 Å². The Morgan fingerprint density at radius 3 is 2.37 bits per heavy atom. The summed E-state index contributed by atoms with van der Waals surface area (Å²) in [5.41, 5.74) is 2.89. The smallest absolute Gasteiger partial charge is 0.296 e. The number of benzene rings is 3. The maximum atomic E-state index is 14.0. The molecule has 192 valence electrons. The van der Waals surface area contributed by atoms with Gasteiger partial charge in [-0.15, -0.1) is 0 Å². The molecule has 1 saturated heterocycles. The third-order valence-corrected chi connectivity index (χ3v) is 7.43. The lowest BCUT2D eigenvalue weighted by molar-refractivity contribution is 0.0741. The summed E-state index contributed by atoms with van der Waals surface area (Å²) in [6.07, 6.45) is 0. The highest BCUT2D eigenvalue weighted by Gasteiger charge is 2.29. The number of aryl methyl sites for hydroxylation is 1. The number of ether oxygens (including phenoxy) is 1. The highest BCUT2D eigenvalue weighted by Crippen LogP contribution is 2.30. The second kappa shape index (κ2) is 9.54. The Morgan fingerprint density at radius 1 is 0.921 bits per heavy atom. The number of halogens is 1. The third-order valence-electron chi connectivity index (χ3n) is 7.20. The van der Waals surface area contributed by atoms with Crippen LogP contribution in [0.2, 0.25) is 5.02 Å². The molecule has 5 aromatic rings. The largest absolute Gasteiger partial charge is 0.497 e. The van der Waals surface area contributed by atoms with Crippen LogP contribution in [-0.2, 0) is 7.05 Å². The van der Waals surface area contributed by atoms with Crippen molar-refractivity contribution in [1.82, 2.24) is 19.2 Å². The number of fused-ring (bicyclic) bond motifs is 3. The summed E-state index contributed by atoms with van der Waals surface area (Å²) in [5.74, 6) is 0.473. The van der Waals surface area contributed by atoms with Crippen LogP contribution in [0.5, 0.6) is 5.75 Å². The summed E-state index contributed by atoms with van der Waals surface area (Å²) < 4.78 is 8.43. The molecular weight excluding hydrogens is 502 g/mol. The fraction of sp³-hybridized carbons (Fsp3) is 0.207. The van der Waals surface area contributed by atoms with Gasteiger partial charge >= 0.3 is 0 Å². The van der Waals surface area contributed by atoms with Crippen LogP contribution in [0.3, 0.4) is 0 Å². The van der Waals surface area contributed by atoms with Gasteiger partial charge in [0.05, 0.1) is 12.8 Å². The zero-order chi connectivity index (χ0) is 26.4. The van der Waals surface area contributed by atoms with Gasteiger partial charge < -0.3 is 19.1 Å². The zero-order valence-electron chi connectivity index (χ0n) is 21.1. The maximum Gasteiger partial charge on any atom is 0.296 e. The molecule has 1 amide bonds. The van der Waals surface area contributed by atoms with Crippen molar-refractivity contribution in [1.29, 1.82) is 0 Å². The molecule has 0 atom stereocenters. The lowest BCUT2D eigenvalue weighted by atomic mass is 10.1. The first kappa shape index (κ1) is 24.1. The number of amides is 1. The fourth-order valence-corrected chi connectivity index (χ4v) is 5.40. The number of para-hydroxylation sites is 1. The number of piperazine rings is 1. The molecule has 0 spiro atoms. The van der Waals surface area contributed by atoms with Crippen LogP contribution in [0.25, 0.3) is 27.5 Å². The van der Waals surface area contributed by atoms with E-state index in [2.05, 4.69) is 10.00 Å². The van der Waals surface area contributed by atoms with E-state index in [1.165, 1.54) is 4.68 Å². The number of anilines is 1. The quantitative estimate of drug-likeness (QED) is 0.344. The van der Waals surface area contributed by atoms with Gasteiger partial charge in [0.1, 0.15) is 11.3 Å². The van der Waals surface area contributed by atoms with Gasteiger partial charge in [-0.05, 0) is 48.5 Å². The molecule has 1 aliphatic rings. The van der Waals surface area contributed by atoms with Crippen molar-refractivity contribution < 1.29 is 9.53 Å². The Bertz CT molecular complexity index is 1730. The van der Waals surface area contributed by atoms with Crippen molar-refractivity contribution in [2.24, 2.45) is 7.05 Å². The summed E-state index contributed by atoms with van der Waals surface area (Å²) in [6, 6.07) is 22.5. The van der Waals surface area contributed by atoms with E-state index in [-0.39, 0.29) is 17.2 Å². The molecule has 9 heteroatoms. The molecule has 0 saturated carbocycles. The summed E-state index contributed by atoms with van der Waals surface area (Å²) in [4.78, 5) is 31.8. The highest BCUT2D eigenvalue weighted by molar-refractivity contribution is 6.30. The van der Waals surface area contributed by atoms with E-state index in [9.17, 15) is 9.59 Å². The lowest BCUT2D eigenvalue weighted by Crippen LogP contribution is -2.49. The van der Waals surface area contributed by atoms with E-state index in [1.807, 2.05) is 65.0 Å². The molecular formula is C29H26ClN5O3. The molecule has 0 unspecified atom stereocenters. The second-order valence-corrected chi connectivity index (χ2v) is 9.76. The summed E-state index contributed by atoms with van der Waals surface area (Å²) in [5, 5.41) is 6.78. The molecule has 0 radical (unpaired) electrons. The molecule has 3 heterocycles. The predicted molar refractivity (Wildman–Crippen MR) is 150 cm³/mol. The van der Waals surface area contributed by atoms with E-state index in [4.69, 9.17) is 16.3 Å². The predicted octanol–water partition coefficient (Wildman–Crippen LogP) is 4.50. The number of hydrogen-bond acceptors (Lipinski definition) is 5. The van der Waals surface area contributed by atoms with Crippen molar-refractivity contribution in [2.75, 3.05) is 38.2 Å². The summed E-state index contributed by atoms with van der Waals surface area (Å²) in [7, 11) is 3.44. The number of rotatable bonds is 4. The average molecular weight is 528 g/mol. The van der Waals surface area contributed by atoms with E-state index >= 15 is 0 Å². The van der Waals surface area contributed by atoms with Crippen molar-refractivity contribution in [3.63, 3.8) is 0 Å². The first-order valence-corrected chi connectivity index (χ1v) is 12.8. The number of carbonyl (C=O) groups is 1. The van der Waals surface area contributed by atoms with Crippen molar-refractivity contribution in [2.45, 2.75) is 0 Å². The average Bonchev–Trinajstić information content (AvgIpc) is 3.26. The Morgan fingerprint density at radius 2 is 1.66 bits per heavy atom. The minimum absolute atomic E-state index is 0.195. The molecule has 0 N–H and O–H groups in total.